The lowest BCUT2D eigenvalue weighted by Gasteiger charge is -2.20. The Labute approximate surface area is 154 Å². The Morgan fingerprint density at radius 2 is 1.85 bits per heavy atom. The second kappa shape index (κ2) is 7.87. The summed E-state index contributed by atoms with van der Waals surface area (Å²) in [6.45, 7) is 3.01. The normalized spacial score (nSPS) is 11.8. The van der Waals surface area contributed by atoms with Gasteiger partial charge in [-0.1, -0.05) is 30.3 Å². The van der Waals surface area contributed by atoms with Gasteiger partial charge in [0, 0.05) is 44.3 Å². The van der Waals surface area contributed by atoms with Crippen molar-refractivity contribution in [3.05, 3.63) is 83.9 Å². The Hall–Kier alpha value is -3.08. The fourth-order valence-electron chi connectivity index (χ4n) is 2.86. The quantitative estimate of drug-likeness (QED) is 0.743. The van der Waals surface area contributed by atoms with E-state index in [9.17, 15) is 4.79 Å². The van der Waals surface area contributed by atoms with E-state index in [4.69, 9.17) is 0 Å². The van der Waals surface area contributed by atoms with Gasteiger partial charge in [-0.25, -0.2) is 4.98 Å². The number of hydrogen-bond donors (Lipinski definition) is 1. The summed E-state index contributed by atoms with van der Waals surface area (Å²) in [5.41, 5.74) is 2.72. The van der Waals surface area contributed by atoms with Crippen LogP contribution < -0.4 is 10.2 Å². The zero-order valence-electron chi connectivity index (χ0n) is 15.4. The lowest BCUT2D eigenvalue weighted by Crippen LogP contribution is -2.31. The molecule has 1 unspecified atom stereocenters. The van der Waals surface area contributed by atoms with E-state index < -0.39 is 0 Å². The first-order valence-corrected chi connectivity index (χ1v) is 8.74. The number of nitrogens with one attached hydrogen (secondary N) is 1. The lowest BCUT2D eigenvalue weighted by atomic mass is 10.1. The number of hydrogen-bond acceptors (Lipinski definition) is 3. The summed E-state index contributed by atoms with van der Waals surface area (Å²) in [7, 11) is 3.96. The van der Waals surface area contributed by atoms with Crippen LogP contribution in [0.3, 0.4) is 0 Å². The first kappa shape index (κ1) is 17.7. The van der Waals surface area contributed by atoms with Gasteiger partial charge in [0.1, 0.15) is 11.9 Å². The third-order valence-electron chi connectivity index (χ3n) is 4.57. The van der Waals surface area contributed by atoms with Gasteiger partial charge in [0.2, 0.25) is 0 Å². The van der Waals surface area contributed by atoms with Crippen LogP contribution in [0.25, 0.3) is 0 Å². The largest absolute Gasteiger partial charge is 0.375 e. The molecule has 134 valence electrons. The molecule has 0 saturated heterocycles. The van der Waals surface area contributed by atoms with Gasteiger partial charge in [-0.3, -0.25) is 4.79 Å². The van der Waals surface area contributed by atoms with Crippen LogP contribution in [0.2, 0.25) is 0 Å². The van der Waals surface area contributed by atoms with Crippen LogP contribution in [-0.2, 0) is 7.05 Å². The molecule has 26 heavy (non-hydrogen) atoms. The Morgan fingerprint density at radius 1 is 1.15 bits per heavy atom. The lowest BCUT2D eigenvalue weighted by molar-refractivity contribution is 0.0941. The monoisotopic (exact) mass is 348 g/mol. The summed E-state index contributed by atoms with van der Waals surface area (Å²) in [4.78, 5) is 19.4. The van der Waals surface area contributed by atoms with E-state index in [0.717, 1.165) is 23.6 Å². The van der Waals surface area contributed by atoms with Crippen LogP contribution in [-0.4, -0.2) is 29.1 Å². The van der Waals surface area contributed by atoms with Crippen LogP contribution in [0.4, 0.5) is 5.69 Å². The van der Waals surface area contributed by atoms with E-state index in [0.29, 0.717) is 5.56 Å². The van der Waals surface area contributed by atoms with Gasteiger partial charge in [-0.15, -0.1) is 0 Å². The molecular weight excluding hydrogens is 324 g/mol. The molecule has 1 atom stereocenters. The number of carbonyl (C=O) groups is 1. The zero-order chi connectivity index (χ0) is 18.5. The van der Waals surface area contributed by atoms with Crippen molar-refractivity contribution in [3.63, 3.8) is 0 Å². The number of rotatable bonds is 6. The van der Waals surface area contributed by atoms with E-state index in [1.165, 1.54) is 0 Å². The van der Waals surface area contributed by atoms with Gasteiger partial charge >= 0.3 is 0 Å². The second-order valence-electron chi connectivity index (χ2n) is 6.27. The number of nitrogens with zero attached hydrogens (tertiary/aromatic N) is 3. The maximum atomic E-state index is 12.8. The summed E-state index contributed by atoms with van der Waals surface area (Å²) in [5.74, 6) is 0.680. The minimum Gasteiger partial charge on any atom is -0.375 e. The summed E-state index contributed by atoms with van der Waals surface area (Å²) in [6.07, 6.45) is 3.62. The van der Waals surface area contributed by atoms with Crippen LogP contribution in [0.15, 0.2) is 67.0 Å². The predicted molar refractivity (Wildman–Crippen MR) is 104 cm³/mol. The first-order chi connectivity index (χ1) is 12.6. The molecule has 1 amide bonds. The minimum absolute atomic E-state index is 0.118. The molecular formula is C21H24N4O. The average molecular weight is 348 g/mol. The van der Waals surface area contributed by atoms with Gasteiger partial charge in [0.15, 0.2) is 0 Å². The van der Waals surface area contributed by atoms with Gasteiger partial charge in [0.05, 0.1) is 0 Å². The van der Waals surface area contributed by atoms with Crippen LogP contribution in [0.5, 0.6) is 0 Å². The Morgan fingerprint density at radius 3 is 2.42 bits per heavy atom. The molecule has 0 bridgehead atoms. The van der Waals surface area contributed by atoms with Gasteiger partial charge in [-0.2, -0.15) is 0 Å². The molecule has 0 aliphatic heterocycles. The number of benzene rings is 2. The molecule has 1 N–H and O–H groups in total. The van der Waals surface area contributed by atoms with Crippen LogP contribution >= 0.6 is 0 Å². The number of carbonyl (C=O) groups excluding carboxylic acids is 1. The standard InChI is InChI=1S/C21H24N4O/c1-4-24(2)18-12-10-17(11-13-18)21(26)23-19(16-8-6-5-7-9-16)20-22-14-15-25(20)3/h5-15,19H,4H2,1-3H3,(H,23,26). The number of aryl methyl sites for hydroxylation is 1. The number of aromatic nitrogens is 2. The predicted octanol–water partition coefficient (Wildman–Crippen LogP) is 3.40. The number of amides is 1. The Balaban J connectivity index is 1.85. The molecule has 5 nitrogen and oxygen atoms in total. The third-order valence-corrected chi connectivity index (χ3v) is 4.57. The molecule has 0 saturated carbocycles. The highest BCUT2D eigenvalue weighted by molar-refractivity contribution is 5.95. The van der Waals surface area contributed by atoms with E-state index in [2.05, 4.69) is 22.1 Å². The molecule has 1 heterocycles. The Bertz CT molecular complexity index is 855. The van der Waals surface area contributed by atoms with Gasteiger partial charge < -0.3 is 14.8 Å². The fraction of sp³-hybridized carbons (Fsp3) is 0.238. The molecule has 5 heteroatoms. The van der Waals surface area contributed by atoms with Crippen molar-refractivity contribution < 1.29 is 4.79 Å². The van der Waals surface area contributed by atoms with E-state index in [-0.39, 0.29) is 11.9 Å². The summed E-state index contributed by atoms with van der Waals surface area (Å²) in [6, 6.07) is 17.2. The average Bonchev–Trinajstić information content (AvgIpc) is 3.11. The highest BCUT2D eigenvalue weighted by Gasteiger charge is 2.21. The first-order valence-electron chi connectivity index (χ1n) is 8.74. The second-order valence-corrected chi connectivity index (χ2v) is 6.27. The van der Waals surface area contributed by atoms with Crippen molar-refractivity contribution in [2.75, 3.05) is 18.5 Å². The molecule has 0 aliphatic carbocycles. The molecule has 0 aliphatic rings. The molecule has 3 rings (SSSR count). The summed E-state index contributed by atoms with van der Waals surface area (Å²) < 4.78 is 1.93. The molecule has 1 aromatic heterocycles. The van der Waals surface area contributed by atoms with Crippen molar-refractivity contribution in [3.8, 4) is 0 Å². The van der Waals surface area contributed by atoms with Crippen LogP contribution in [0, 0.1) is 0 Å². The van der Waals surface area contributed by atoms with E-state index >= 15 is 0 Å². The van der Waals surface area contributed by atoms with Gasteiger partial charge in [-0.05, 0) is 36.8 Å². The maximum absolute atomic E-state index is 12.8. The highest BCUT2D eigenvalue weighted by Crippen LogP contribution is 2.21. The Kier molecular flexibility index (Phi) is 5.37. The molecule has 0 spiro atoms. The van der Waals surface area contributed by atoms with Crippen molar-refractivity contribution in [1.29, 1.82) is 0 Å². The van der Waals surface area contributed by atoms with E-state index in [1.54, 1.807) is 6.20 Å². The fourth-order valence-corrected chi connectivity index (χ4v) is 2.86. The maximum Gasteiger partial charge on any atom is 0.252 e. The van der Waals surface area contributed by atoms with Crippen molar-refractivity contribution in [2.24, 2.45) is 7.05 Å². The zero-order valence-corrected chi connectivity index (χ0v) is 15.4. The molecule has 0 fully saturated rings. The summed E-state index contributed by atoms with van der Waals surface area (Å²) in [5, 5.41) is 3.12. The number of imidazole rings is 1. The molecule has 3 aromatic rings. The minimum atomic E-state index is -0.304. The van der Waals surface area contributed by atoms with Crippen molar-refractivity contribution in [2.45, 2.75) is 13.0 Å². The SMILES string of the molecule is CCN(C)c1ccc(C(=O)NC(c2ccccc2)c2nccn2C)cc1. The topological polar surface area (TPSA) is 50.2 Å². The summed E-state index contributed by atoms with van der Waals surface area (Å²) >= 11 is 0. The highest BCUT2D eigenvalue weighted by atomic mass is 16.1. The third kappa shape index (κ3) is 3.77. The van der Waals surface area contributed by atoms with Gasteiger partial charge in [0.25, 0.3) is 5.91 Å². The van der Waals surface area contributed by atoms with Crippen molar-refractivity contribution in [1.82, 2.24) is 14.9 Å². The van der Waals surface area contributed by atoms with E-state index in [1.807, 2.05) is 79.5 Å². The smallest absolute Gasteiger partial charge is 0.252 e. The van der Waals surface area contributed by atoms with Crippen LogP contribution in [0.1, 0.15) is 34.7 Å². The number of anilines is 1. The van der Waals surface area contributed by atoms with Crippen molar-refractivity contribution >= 4 is 11.6 Å². The molecule has 2 aromatic carbocycles. The molecule has 0 radical (unpaired) electrons.